The van der Waals surface area contributed by atoms with Gasteiger partial charge in [0.25, 0.3) is 11.6 Å². The van der Waals surface area contributed by atoms with Crippen LogP contribution in [0.4, 0.5) is 11.4 Å². The summed E-state index contributed by atoms with van der Waals surface area (Å²) in [6, 6.07) is 4.10. The normalized spacial score (nSPS) is 12.8. The number of aryl methyl sites for hydroxylation is 2. The topological polar surface area (TPSA) is 148 Å². The third-order valence-electron chi connectivity index (χ3n) is 4.77. The number of carbonyl (C=O) groups excluding carboxylic acids is 2. The fourth-order valence-corrected chi connectivity index (χ4v) is 3.27. The van der Waals surface area contributed by atoms with E-state index in [2.05, 4.69) is 15.4 Å². The molecule has 3 heterocycles. The van der Waals surface area contributed by atoms with Crippen molar-refractivity contribution in [1.82, 2.24) is 14.8 Å². The molecule has 1 N–H and O–H groups in total. The predicted octanol–water partition coefficient (Wildman–Crippen LogP) is 2.14. The number of amides is 1. The molecule has 3 aromatic rings. The number of nitro groups is 1. The highest BCUT2D eigenvalue weighted by molar-refractivity contribution is 5.98. The van der Waals surface area contributed by atoms with E-state index in [1.165, 1.54) is 18.3 Å². The highest BCUT2D eigenvalue weighted by Gasteiger charge is 2.23. The fourth-order valence-electron chi connectivity index (χ4n) is 3.27. The largest absolute Gasteiger partial charge is 0.489 e. The first kappa shape index (κ1) is 21.0. The molecule has 0 aliphatic carbocycles. The Morgan fingerprint density at radius 1 is 1.25 bits per heavy atom. The Labute approximate surface area is 181 Å². The van der Waals surface area contributed by atoms with Crippen LogP contribution in [0.3, 0.4) is 0 Å². The van der Waals surface area contributed by atoms with E-state index in [-0.39, 0.29) is 28.4 Å². The van der Waals surface area contributed by atoms with Crippen LogP contribution in [-0.4, -0.2) is 51.4 Å². The summed E-state index contributed by atoms with van der Waals surface area (Å²) in [6.07, 6.45) is 1.96. The average Bonchev–Trinajstić information content (AvgIpc) is 2.92. The van der Waals surface area contributed by atoms with E-state index in [1.807, 2.05) is 0 Å². The zero-order chi connectivity index (χ0) is 22.8. The van der Waals surface area contributed by atoms with Gasteiger partial charge < -0.3 is 19.5 Å². The van der Waals surface area contributed by atoms with Crippen molar-refractivity contribution >= 4 is 34.3 Å². The molecule has 2 aromatic heterocycles. The quantitative estimate of drug-likeness (QED) is 0.357. The molecule has 0 saturated heterocycles. The average molecular weight is 441 g/mol. The summed E-state index contributed by atoms with van der Waals surface area (Å²) >= 11 is 0. The van der Waals surface area contributed by atoms with Crippen molar-refractivity contribution in [2.75, 3.05) is 25.1 Å². The summed E-state index contributed by atoms with van der Waals surface area (Å²) in [4.78, 5) is 39.6. The first-order chi connectivity index (χ1) is 15.3. The minimum atomic E-state index is -0.758. The Balaban J connectivity index is 1.46. The number of pyridine rings is 1. The van der Waals surface area contributed by atoms with Gasteiger partial charge in [0.05, 0.1) is 35.5 Å². The number of anilines is 1. The fraction of sp³-hybridized carbons (Fsp3) is 0.300. The summed E-state index contributed by atoms with van der Waals surface area (Å²) in [6.45, 7) is 1.89. The Kier molecular flexibility index (Phi) is 5.58. The van der Waals surface area contributed by atoms with Gasteiger partial charge in [-0.25, -0.2) is 9.78 Å². The van der Waals surface area contributed by atoms with Gasteiger partial charge >= 0.3 is 5.97 Å². The van der Waals surface area contributed by atoms with E-state index in [9.17, 15) is 19.7 Å². The predicted molar refractivity (Wildman–Crippen MR) is 111 cm³/mol. The van der Waals surface area contributed by atoms with Crippen molar-refractivity contribution in [1.29, 1.82) is 0 Å². The number of esters is 1. The standard InChI is InChI=1S/C20H19N5O7/c1-11-13-6-12(9-21-19(13)24(2)23-11)20(27)32-10-18(26)22-14-7-16-17(8-15(14)25(28)29)31-5-3-4-30-16/h6-9H,3-5,10H2,1-2H3,(H,22,26). The first-order valence-electron chi connectivity index (χ1n) is 9.68. The van der Waals surface area contributed by atoms with Gasteiger partial charge in [-0.1, -0.05) is 0 Å². The third-order valence-corrected chi connectivity index (χ3v) is 4.77. The van der Waals surface area contributed by atoms with Gasteiger partial charge in [0.15, 0.2) is 23.8 Å². The van der Waals surface area contributed by atoms with Crippen molar-refractivity contribution < 1.29 is 28.7 Å². The number of hydrogen-bond acceptors (Lipinski definition) is 9. The van der Waals surface area contributed by atoms with E-state index < -0.39 is 23.4 Å². The molecule has 0 bridgehead atoms. The molecule has 1 amide bonds. The molecule has 12 nitrogen and oxygen atoms in total. The van der Waals surface area contributed by atoms with Crippen LogP contribution in [0.2, 0.25) is 0 Å². The summed E-state index contributed by atoms with van der Waals surface area (Å²) < 4.78 is 17.6. The van der Waals surface area contributed by atoms with Crippen LogP contribution < -0.4 is 14.8 Å². The molecule has 12 heteroatoms. The lowest BCUT2D eigenvalue weighted by atomic mass is 10.2. The minimum absolute atomic E-state index is 0.0885. The number of fused-ring (bicyclic) bond motifs is 2. The van der Waals surface area contributed by atoms with Crippen molar-refractivity contribution in [3.8, 4) is 11.5 Å². The molecular weight excluding hydrogens is 422 g/mol. The van der Waals surface area contributed by atoms with Crippen LogP contribution in [0.25, 0.3) is 11.0 Å². The lowest BCUT2D eigenvalue weighted by molar-refractivity contribution is -0.384. The van der Waals surface area contributed by atoms with E-state index in [1.54, 1.807) is 24.7 Å². The lowest BCUT2D eigenvalue weighted by Gasteiger charge is -2.11. The zero-order valence-corrected chi connectivity index (χ0v) is 17.3. The smallest absolute Gasteiger partial charge is 0.340 e. The number of hydrogen-bond donors (Lipinski definition) is 1. The molecule has 4 rings (SSSR count). The number of benzene rings is 1. The highest BCUT2D eigenvalue weighted by Crippen LogP contribution is 2.39. The van der Waals surface area contributed by atoms with Crippen molar-refractivity contribution in [3.63, 3.8) is 0 Å². The van der Waals surface area contributed by atoms with E-state index in [0.29, 0.717) is 36.4 Å². The molecule has 1 aliphatic heterocycles. The van der Waals surface area contributed by atoms with Gasteiger partial charge in [0.1, 0.15) is 5.69 Å². The molecule has 0 saturated carbocycles. The summed E-state index contributed by atoms with van der Waals surface area (Å²) in [7, 11) is 1.74. The number of nitrogens with zero attached hydrogens (tertiary/aromatic N) is 4. The van der Waals surface area contributed by atoms with Crippen LogP contribution in [0.15, 0.2) is 24.4 Å². The maximum absolute atomic E-state index is 12.4. The van der Waals surface area contributed by atoms with Crippen LogP contribution in [0.5, 0.6) is 11.5 Å². The SMILES string of the molecule is Cc1nn(C)c2ncc(C(=O)OCC(=O)Nc3cc4c(cc3[N+](=O)[O-])OCCCO4)cc12. The van der Waals surface area contributed by atoms with Crippen LogP contribution in [0.1, 0.15) is 22.5 Å². The maximum Gasteiger partial charge on any atom is 0.340 e. The molecule has 1 aliphatic rings. The summed E-state index contributed by atoms with van der Waals surface area (Å²) in [5, 5.41) is 18.7. The van der Waals surface area contributed by atoms with Crippen LogP contribution in [-0.2, 0) is 16.6 Å². The van der Waals surface area contributed by atoms with Gasteiger partial charge in [0.2, 0.25) is 0 Å². The molecule has 0 radical (unpaired) electrons. The van der Waals surface area contributed by atoms with Gasteiger partial charge in [-0.15, -0.1) is 0 Å². The minimum Gasteiger partial charge on any atom is -0.489 e. The summed E-state index contributed by atoms with van der Waals surface area (Å²) in [5.41, 5.74) is 1.01. The van der Waals surface area contributed by atoms with Gasteiger partial charge in [-0.2, -0.15) is 5.10 Å². The number of aromatic nitrogens is 3. The number of ether oxygens (including phenoxy) is 3. The van der Waals surface area contributed by atoms with Crippen molar-refractivity contribution in [3.05, 3.63) is 45.8 Å². The Morgan fingerprint density at radius 2 is 1.97 bits per heavy atom. The summed E-state index contributed by atoms with van der Waals surface area (Å²) in [5.74, 6) is -0.993. The second kappa shape index (κ2) is 8.49. The van der Waals surface area contributed by atoms with Crippen LogP contribution in [0, 0.1) is 17.0 Å². The monoisotopic (exact) mass is 441 g/mol. The van der Waals surface area contributed by atoms with Gasteiger partial charge in [-0.3, -0.25) is 19.6 Å². The molecule has 1 aromatic carbocycles. The molecule has 0 spiro atoms. The second-order valence-electron chi connectivity index (χ2n) is 7.05. The molecule has 32 heavy (non-hydrogen) atoms. The zero-order valence-electron chi connectivity index (χ0n) is 17.3. The molecule has 0 unspecified atom stereocenters. The highest BCUT2D eigenvalue weighted by atomic mass is 16.6. The Morgan fingerprint density at radius 3 is 2.69 bits per heavy atom. The number of nitrogens with one attached hydrogen (secondary N) is 1. The number of rotatable bonds is 5. The Hall–Kier alpha value is -4.22. The second-order valence-corrected chi connectivity index (χ2v) is 7.05. The lowest BCUT2D eigenvalue weighted by Crippen LogP contribution is -2.21. The third kappa shape index (κ3) is 4.15. The Bertz CT molecular complexity index is 1240. The van der Waals surface area contributed by atoms with Crippen molar-refractivity contribution in [2.24, 2.45) is 7.05 Å². The molecule has 0 fully saturated rings. The van der Waals surface area contributed by atoms with Crippen molar-refractivity contribution in [2.45, 2.75) is 13.3 Å². The van der Waals surface area contributed by atoms with E-state index in [0.717, 1.165) is 0 Å². The van der Waals surface area contributed by atoms with Gasteiger partial charge in [0, 0.05) is 31.1 Å². The molecule has 0 atom stereocenters. The number of carbonyl (C=O) groups is 2. The maximum atomic E-state index is 12.4. The molecule has 166 valence electrons. The molecular formula is C20H19N5O7. The van der Waals surface area contributed by atoms with Gasteiger partial charge in [-0.05, 0) is 13.0 Å². The van der Waals surface area contributed by atoms with E-state index in [4.69, 9.17) is 14.2 Å². The first-order valence-corrected chi connectivity index (χ1v) is 9.68. The number of nitro benzene ring substituents is 1. The van der Waals surface area contributed by atoms with Crippen LogP contribution >= 0.6 is 0 Å². The van der Waals surface area contributed by atoms with E-state index >= 15 is 0 Å².